The van der Waals surface area contributed by atoms with Gasteiger partial charge in [0.1, 0.15) is 0 Å². The first-order valence-corrected chi connectivity index (χ1v) is 1.53. The normalized spacial score (nSPS) is 11.4. The van der Waals surface area contributed by atoms with Crippen molar-refractivity contribution in [1.82, 2.24) is 0 Å². The Morgan fingerprint density at radius 1 is 1.29 bits per heavy atom. The first kappa shape index (κ1) is 6.78. The third-order valence-corrected chi connectivity index (χ3v) is 0.309. The molecule has 0 aliphatic carbocycles. The summed E-state index contributed by atoms with van der Waals surface area (Å²) in [5.74, 6) is 0. The Hall–Kier alpha value is -0.215. The second-order valence-electron chi connectivity index (χ2n) is 0.900. The van der Waals surface area contributed by atoms with Gasteiger partial charge in [-0.1, -0.05) is 0 Å². The number of alkyl halides is 4. The molecule has 7 heavy (non-hydrogen) atoms. The van der Waals surface area contributed by atoms with Crippen LogP contribution in [0.2, 0.25) is 0 Å². The van der Waals surface area contributed by atoms with Crippen LogP contribution in [0.3, 0.4) is 0 Å². The minimum Gasteiger partial charge on any atom is -0.261 e. The van der Waals surface area contributed by atoms with Gasteiger partial charge >= 0.3 is 6.08 Å². The third-order valence-electron chi connectivity index (χ3n) is 0.309. The lowest BCUT2D eigenvalue weighted by Gasteiger charge is -1.97. The third kappa shape index (κ3) is 5.78. The van der Waals surface area contributed by atoms with Gasteiger partial charge in [0.2, 0.25) is 0 Å². The Bertz CT molecular complexity index is 48.1. The van der Waals surface area contributed by atoms with Crippen molar-refractivity contribution in [1.29, 1.82) is 0 Å². The van der Waals surface area contributed by atoms with E-state index in [4.69, 9.17) is 0 Å². The molecule has 0 unspecified atom stereocenters. The number of rotatable bonds is 1. The Balaban J connectivity index is 3.15. The molecule has 0 aromatic rings. The van der Waals surface area contributed by atoms with E-state index in [1.807, 2.05) is 0 Å². The van der Waals surface area contributed by atoms with Gasteiger partial charge in [-0.15, -0.1) is 0 Å². The van der Waals surface area contributed by atoms with E-state index in [0.29, 0.717) is 0 Å². The summed E-state index contributed by atoms with van der Waals surface area (Å²) >= 11 is 0. The highest BCUT2D eigenvalue weighted by Crippen LogP contribution is 2.11. The molecule has 1 radical (unpaired) electrons. The second kappa shape index (κ2) is 2.19. The molecule has 0 amide bonds. The van der Waals surface area contributed by atoms with Crippen LogP contribution >= 0.6 is 0 Å². The zero-order valence-corrected chi connectivity index (χ0v) is 3.30. The molecule has 0 atom stereocenters. The van der Waals surface area contributed by atoms with Crippen LogP contribution in [0.15, 0.2) is 0 Å². The molecule has 0 spiro atoms. The molecule has 0 aromatic carbocycles. The van der Waals surface area contributed by atoms with E-state index >= 15 is 0 Å². The first-order chi connectivity index (χ1) is 3.06. The summed E-state index contributed by atoms with van der Waals surface area (Å²) in [6.07, 6.45) is -4.45. The van der Waals surface area contributed by atoms with Crippen molar-refractivity contribution in [3.63, 3.8) is 0 Å². The molecule has 5 heteroatoms. The number of hydrogen-bond donors (Lipinski definition) is 0. The van der Waals surface area contributed by atoms with Crippen LogP contribution in [0.25, 0.3) is 0 Å². The molecule has 0 fully saturated rings. The molecular weight excluding hydrogens is 111 g/mol. The van der Waals surface area contributed by atoms with Gasteiger partial charge in [0.05, 0.1) is 6.57 Å². The maximum atomic E-state index is 10.8. The van der Waals surface area contributed by atoms with E-state index in [-0.39, 0.29) is 7.28 Å². The first-order valence-electron chi connectivity index (χ1n) is 1.53. The predicted octanol–water partition coefficient (Wildman–Crippen LogP) is 1.14. The SMILES string of the molecule is FC[B]C(F)(F)F. The van der Waals surface area contributed by atoms with E-state index in [1.54, 1.807) is 0 Å². The average molecular weight is 113 g/mol. The van der Waals surface area contributed by atoms with Gasteiger partial charge in [0, 0.05) is 0 Å². The van der Waals surface area contributed by atoms with Crippen LogP contribution in [0.4, 0.5) is 17.6 Å². The van der Waals surface area contributed by atoms with Crippen molar-refractivity contribution in [3.8, 4) is 0 Å². The molecule has 41 valence electrons. The van der Waals surface area contributed by atoms with Crippen molar-refractivity contribution in [3.05, 3.63) is 0 Å². The fourth-order valence-electron chi connectivity index (χ4n) is 0.0875. The summed E-state index contributed by atoms with van der Waals surface area (Å²) in [6, 6.07) is 0. The highest BCUT2D eigenvalue weighted by molar-refractivity contribution is 6.37. The van der Waals surface area contributed by atoms with Gasteiger partial charge in [0.25, 0.3) is 7.28 Å². The molecular formula is C2H2BF4. The number of hydrogen-bond acceptors (Lipinski definition) is 0. The lowest BCUT2D eigenvalue weighted by atomic mass is 9.80. The monoisotopic (exact) mass is 113 g/mol. The highest BCUT2D eigenvalue weighted by atomic mass is 19.4. The molecule has 0 aliphatic rings. The Morgan fingerprint density at radius 3 is 1.71 bits per heavy atom. The van der Waals surface area contributed by atoms with Crippen molar-refractivity contribution < 1.29 is 17.6 Å². The van der Waals surface area contributed by atoms with Crippen molar-refractivity contribution in [2.75, 3.05) is 6.57 Å². The molecule has 0 saturated heterocycles. The quantitative estimate of drug-likeness (QED) is 0.353. The largest absolute Gasteiger partial charge is 0.342 e. The van der Waals surface area contributed by atoms with Gasteiger partial charge in [-0.05, 0) is 0 Å². The topological polar surface area (TPSA) is 0 Å². The molecule has 0 saturated carbocycles. The molecule has 0 aromatic heterocycles. The predicted molar refractivity (Wildman–Crippen MR) is 17.8 cm³/mol. The smallest absolute Gasteiger partial charge is 0.261 e. The maximum absolute atomic E-state index is 10.8. The van der Waals surface area contributed by atoms with Crippen molar-refractivity contribution in [2.45, 2.75) is 6.08 Å². The zero-order valence-electron chi connectivity index (χ0n) is 3.30. The van der Waals surface area contributed by atoms with E-state index < -0.39 is 12.6 Å². The van der Waals surface area contributed by atoms with Crippen molar-refractivity contribution >= 4 is 7.28 Å². The molecule has 0 nitrogen and oxygen atoms in total. The molecule has 0 N–H and O–H groups in total. The van der Waals surface area contributed by atoms with Crippen LogP contribution in [0, 0.1) is 0 Å². The summed E-state index contributed by atoms with van der Waals surface area (Å²) < 4.78 is 43.0. The van der Waals surface area contributed by atoms with E-state index in [0.717, 1.165) is 0 Å². The fourth-order valence-corrected chi connectivity index (χ4v) is 0.0875. The molecule has 0 aliphatic heterocycles. The van der Waals surface area contributed by atoms with E-state index in [1.165, 1.54) is 0 Å². The summed E-state index contributed by atoms with van der Waals surface area (Å²) in [7, 11) is -0.354. The van der Waals surface area contributed by atoms with Crippen LogP contribution in [-0.2, 0) is 0 Å². The average Bonchev–Trinajstić information content (AvgIpc) is 1.30. The minimum absolute atomic E-state index is 0.354. The molecule has 0 heterocycles. The van der Waals surface area contributed by atoms with E-state index in [2.05, 4.69) is 0 Å². The van der Waals surface area contributed by atoms with Gasteiger partial charge < -0.3 is 0 Å². The fraction of sp³-hybridized carbons (Fsp3) is 1.00. The van der Waals surface area contributed by atoms with Crippen LogP contribution in [0.5, 0.6) is 0 Å². The summed E-state index contributed by atoms with van der Waals surface area (Å²) in [5, 5.41) is 0. The maximum Gasteiger partial charge on any atom is 0.342 e. The van der Waals surface area contributed by atoms with Crippen LogP contribution < -0.4 is 0 Å². The number of halogens is 4. The lowest BCUT2D eigenvalue weighted by Crippen LogP contribution is -2.19. The summed E-state index contributed by atoms with van der Waals surface area (Å²) in [6.45, 7) is -1.44. The Kier molecular flexibility index (Phi) is 2.12. The zero-order chi connectivity index (χ0) is 5.91. The van der Waals surface area contributed by atoms with Gasteiger partial charge in [-0.25, -0.2) is 0 Å². The van der Waals surface area contributed by atoms with E-state index in [9.17, 15) is 17.6 Å². The van der Waals surface area contributed by atoms with Gasteiger partial charge in [-0.2, -0.15) is 13.2 Å². The second-order valence-corrected chi connectivity index (χ2v) is 0.900. The Labute approximate surface area is 38.8 Å². The molecule has 0 rings (SSSR count). The van der Waals surface area contributed by atoms with Gasteiger partial charge in [-0.3, -0.25) is 4.39 Å². The summed E-state index contributed by atoms with van der Waals surface area (Å²) in [4.78, 5) is 0. The summed E-state index contributed by atoms with van der Waals surface area (Å²) in [5.41, 5.74) is 0. The Morgan fingerprint density at radius 2 is 1.71 bits per heavy atom. The molecule has 0 bridgehead atoms. The van der Waals surface area contributed by atoms with Crippen LogP contribution in [0.1, 0.15) is 0 Å². The minimum atomic E-state index is -4.45. The van der Waals surface area contributed by atoms with Gasteiger partial charge in [0.15, 0.2) is 0 Å². The van der Waals surface area contributed by atoms with Crippen molar-refractivity contribution in [2.24, 2.45) is 0 Å². The highest BCUT2D eigenvalue weighted by Gasteiger charge is 2.27. The van der Waals surface area contributed by atoms with Crippen LogP contribution in [-0.4, -0.2) is 19.9 Å². The lowest BCUT2D eigenvalue weighted by molar-refractivity contribution is -0.0480. The standard InChI is InChI=1S/C2H2BF4/c4-1-3-2(5,6)7/h1H2.